The zero-order valence-corrected chi connectivity index (χ0v) is 17.4. The molecule has 3 rings (SSSR count). The zero-order valence-electron chi connectivity index (χ0n) is 16.6. The lowest BCUT2D eigenvalue weighted by molar-refractivity contribution is 0.0946. The Morgan fingerprint density at radius 2 is 1.89 bits per heavy atom. The molecule has 28 heavy (non-hydrogen) atoms. The number of fused-ring (bicyclic) bond motifs is 1. The summed E-state index contributed by atoms with van der Waals surface area (Å²) in [5, 5.41) is 7.06. The van der Waals surface area contributed by atoms with Crippen LogP contribution in [0.25, 0.3) is 0 Å². The summed E-state index contributed by atoms with van der Waals surface area (Å²) in [5.74, 6) is -0.0291. The van der Waals surface area contributed by atoms with Crippen LogP contribution >= 0.6 is 11.3 Å². The average Bonchev–Trinajstić information content (AvgIpc) is 3.08. The van der Waals surface area contributed by atoms with Gasteiger partial charge >= 0.3 is 0 Å². The van der Waals surface area contributed by atoms with Gasteiger partial charge in [-0.15, -0.1) is 11.3 Å². The van der Waals surface area contributed by atoms with Gasteiger partial charge in [0.05, 0.1) is 12.1 Å². The zero-order chi connectivity index (χ0) is 19.9. The third-order valence-electron chi connectivity index (χ3n) is 4.99. The molecule has 150 valence electrons. The summed E-state index contributed by atoms with van der Waals surface area (Å²) in [6.07, 6.45) is 4.99. The monoisotopic (exact) mass is 400 g/mol. The first-order valence-corrected chi connectivity index (χ1v) is 10.7. The number of Topliss-reactive ketones (excluding diaryl/α,β-unsaturated/α-hetero) is 1. The molecule has 0 unspecified atom stereocenters. The van der Waals surface area contributed by atoms with Crippen LogP contribution in [0.4, 0.5) is 5.00 Å². The van der Waals surface area contributed by atoms with Gasteiger partial charge in [0.1, 0.15) is 5.00 Å². The molecular formula is C22H28N2O3S. The summed E-state index contributed by atoms with van der Waals surface area (Å²) in [7, 11) is 1.66. The predicted octanol–water partition coefficient (Wildman–Crippen LogP) is 4.00. The highest BCUT2D eigenvalue weighted by molar-refractivity contribution is 7.16. The van der Waals surface area contributed by atoms with E-state index >= 15 is 0 Å². The Bertz CT molecular complexity index is 827. The lowest BCUT2D eigenvalue weighted by Gasteiger charge is -2.13. The largest absolute Gasteiger partial charge is 0.385 e. The van der Waals surface area contributed by atoms with Crippen LogP contribution in [-0.2, 0) is 17.6 Å². The van der Waals surface area contributed by atoms with E-state index in [1.54, 1.807) is 18.4 Å². The van der Waals surface area contributed by atoms with Gasteiger partial charge in [-0.2, -0.15) is 0 Å². The Morgan fingerprint density at radius 1 is 1.14 bits per heavy atom. The number of carbonyl (C=O) groups excluding carboxylic acids is 2. The fourth-order valence-corrected chi connectivity index (χ4v) is 4.72. The van der Waals surface area contributed by atoms with Crippen molar-refractivity contribution in [2.24, 2.45) is 0 Å². The summed E-state index contributed by atoms with van der Waals surface area (Å²) in [5.41, 5.74) is 3.70. The fourth-order valence-electron chi connectivity index (χ4n) is 3.44. The molecule has 0 atom stereocenters. The Hall–Kier alpha value is -2.18. The van der Waals surface area contributed by atoms with Crippen LogP contribution < -0.4 is 10.6 Å². The first-order valence-electron chi connectivity index (χ1n) is 9.85. The number of amides is 1. The second kappa shape index (κ2) is 9.85. The van der Waals surface area contributed by atoms with Crippen LogP contribution in [0.15, 0.2) is 24.3 Å². The van der Waals surface area contributed by atoms with Crippen molar-refractivity contribution in [3.05, 3.63) is 51.4 Å². The maximum absolute atomic E-state index is 12.8. The summed E-state index contributed by atoms with van der Waals surface area (Å²) >= 11 is 1.62. The summed E-state index contributed by atoms with van der Waals surface area (Å²) < 4.78 is 5.04. The molecule has 0 bridgehead atoms. The van der Waals surface area contributed by atoms with E-state index in [0.29, 0.717) is 18.7 Å². The topological polar surface area (TPSA) is 67.4 Å². The number of thiophene rings is 1. The molecule has 1 aliphatic carbocycles. The van der Waals surface area contributed by atoms with Gasteiger partial charge in [0.2, 0.25) is 0 Å². The van der Waals surface area contributed by atoms with Gasteiger partial charge < -0.3 is 15.4 Å². The molecule has 2 aromatic rings. The number of carbonyl (C=O) groups is 2. The molecular weight excluding hydrogens is 372 g/mol. The molecule has 0 radical (unpaired) electrons. The SMILES string of the molecule is COCCCNC(=O)c1c(NCC(=O)c2ccc(C)cc2)sc2c1CCCC2. The predicted molar refractivity (Wildman–Crippen MR) is 114 cm³/mol. The Morgan fingerprint density at radius 3 is 2.64 bits per heavy atom. The first-order chi connectivity index (χ1) is 13.6. The van der Waals surface area contributed by atoms with Crippen molar-refractivity contribution in [3.63, 3.8) is 0 Å². The number of hydrogen-bond donors (Lipinski definition) is 2. The maximum Gasteiger partial charge on any atom is 0.254 e. The molecule has 0 saturated carbocycles. The van der Waals surface area contributed by atoms with Gasteiger partial charge in [-0.05, 0) is 44.6 Å². The summed E-state index contributed by atoms with van der Waals surface area (Å²) in [6.45, 7) is 3.39. The number of nitrogens with one attached hydrogen (secondary N) is 2. The highest BCUT2D eigenvalue weighted by atomic mass is 32.1. The molecule has 0 saturated heterocycles. The number of ether oxygens (including phenoxy) is 1. The van der Waals surface area contributed by atoms with Crippen molar-refractivity contribution in [2.45, 2.75) is 39.0 Å². The first kappa shape index (κ1) is 20.6. The number of anilines is 1. The van der Waals surface area contributed by atoms with Gasteiger partial charge in [-0.25, -0.2) is 0 Å². The van der Waals surface area contributed by atoms with Gasteiger partial charge in [0.15, 0.2) is 5.78 Å². The molecule has 0 spiro atoms. The number of benzene rings is 1. The van der Waals surface area contributed by atoms with Crippen LogP contribution in [0.2, 0.25) is 0 Å². The Kier molecular flexibility index (Phi) is 7.23. The van der Waals surface area contributed by atoms with Crippen molar-refractivity contribution in [1.29, 1.82) is 0 Å². The van der Waals surface area contributed by atoms with Crippen molar-refractivity contribution in [2.75, 3.05) is 32.1 Å². The van der Waals surface area contributed by atoms with Crippen LogP contribution in [0.1, 0.15) is 56.0 Å². The van der Waals surface area contributed by atoms with E-state index < -0.39 is 0 Å². The second-order valence-electron chi connectivity index (χ2n) is 7.16. The van der Waals surface area contributed by atoms with E-state index in [1.165, 1.54) is 4.88 Å². The Balaban J connectivity index is 1.72. The second-order valence-corrected chi connectivity index (χ2v) is 8.27. The normalized spacial score (nSPS) is 13.1. The van der Waals surface area contributed by atoms with E-state index in [4.69, 9.17) is 4.74 Å². The van der Waals surface area contributed by atoms with E-state index in [2.05, 4.69) is 10.6 Å². The Labute approximate surface area is 170 Å². The van der Waals surface area contributed by atoms with Gasteiger partial charge in [-0.1, -0.05) is 29.8 Å². The molecule has 2 N–H and O–H groups in total. The third kappa shape index (κ3) is 5.00. The molecule has 0 aliphatic heterocycles. The van der Waals surface area contributed by atoms with Crippen molar-refractivity contribution < 1.29 is 14.3 Å². The van der Waals surface area contributed by atoms with Crippen molar-refractivity contribution in [3.8, 4) is 0 Å². The maximum atomic E-state index is 12.8. The fraction of sp³-hybridized carbons (Fsp3) is 0.455. The number of ketones is 1. The molecule has 0 fully saturated rings. The number of methoxy groups -OCH3 is 1. The van der Waals surface area contributed by atoms with E-state index in [-0.39, 0.29) is 18.2 Å². The highest BCUT2D eigenvalue weighted by Gasteiger charge is 2.25. The average molecular weight is 401 g/mol. The number of aryl methyl sites for hydroxylation is 2. The minimum Gasteiger partial charge on any atom is -0.385 e. The summed E-state index contributed by atoms with van der Waals surface area (Å²) in [6, 6.07) is 7.58. The quantitative estimate of drug-likeness (QED) is 0.493. The van der Waals surface area contributed by atoms with E-state index in [1.807, 2.05) is 31.2 Å². The number of hydrogen-bond acceptors (Lipinski definition) is 5. The number of rotatable bonds is 9. The van der Waals surface area contributed by atoms with Gasteiger partial charge in [-0.3, -0.25) is 9.59 Å². The highest BCUT2D eigenvalue weighted by Crippen LogP contribution is 2.38. The van der Waals surface area contributed by atoms with Crippen molar-refractivity contribution in [1.82, 2.24) is 5.32 Å². The van der Waals surface area contributed by atoms with Crippen LogP contribution in [-0.4, -0.2) is 38.5 Å². The molecule has 6 heteroatoms. The van der Waals surface area contributed by atoms with Crippen LogP contribution in [0.5, 0.6) is 0 Å². The van der Waals surface area contributed by atoms with Crippen molar-refractivity contribution >= 4 is 28.0 Å². The van der Waals surface area contributed by atoms with Gasteiger partial charge in [0, 0.05) is 30.7 Å². The lowest BCUT2D eigenvalue weighted by atomic mass is 9.95. The summed E-state index contributed by atoms with van der Waals surface area (Å²) in [4.78, 5) is 26.6. The molecule has 1 amide bonds. The minimum atomic E-state index is -0.0548. The third-order valence-corrected chi connectivity index (χ3v) is 6.24. The molecule has 5 nitrogen and oxygen atoms in total. The lowest BCUT2D eigenvalue weighted by Crippen LogP contribution is -2.27. The smallest absolute Gasteiger partial charge is 0.254 e. The minimum absolute atomic E-state index is 0.0258. The molecule has 1 heterocycles. The molecule has 1 aromatic carbocycles. The van der Waals surface area contributed by atoms with E-state index in [9.17, 15) is 9.59 Å². The molecule has 1 aromatic heterocycles. The van der Waals surface area contributed by atoms with E-state index in [0.717, 1.165) is 53.8 Å². The van der Waals surface area contributed by atoms with Crippen LogP contribution in [0, 0.1) is 6.92 Å². The van der Waals surface area contributed by atoms with Crippen LogP contribution in [0.3, 0.4) is 0 Å². The van der Waals surface area contributed by atoms with Gasteiger partial charge in [0.25, 0.3) is 5.91 Å². The standard InChI is InChI=1S/C22H28N2O3S/c1-15-8-10-16(11-9-15)18(25)14-24-22-20(21(26)23-12-5-13-27-2)17-6-3-4-7-19(17)28-22/h8-11,24H,3-7,12-14H2,1-2H3,(H,23,26). The molecule has 1 aliphatic rings.